The molecule has 154 valence electrons. The number of thiazole rings is 1. The number of furan rings is 1. The van der Waals surface area contributed by atoms with Gasteiger partial charge in [0.15, 0.2) is 4.80 Å². The quantitative estimate of drug-likeness (QED) is 0.608. The maximum atomic E-state index is 12.4. The first kappa shape index (κ1) is 19.8. The molecule has 1 aliphatic heterocycles. The van der Waals surface area contributed by atoms with Gasteiger partial charge >= 0.3 is 11.8 Å². The van der Waals surface area contributed by atoms with Gasteiger partial charge in [-0.2, -0.15) is 0 Å². The summed E-state index contributed by atoms with van der Waals surface area (Å²) in [5, 5.41) is 5.06. The van der Waals surface area contributed by atoms with E-state index < -0.39 is 11.8 Å². The van der Waals surface area contributed by atoms with Crippen molar-refractivity contribution in [1.82, 2.24) is 9.88 Å². The molecule has 1 aliphatic rings. The molecule has 3 heterocycles. The summed E-state index contributed by atoms with van der Waals surface area (Å²) in [6, 6.07) is 10.6. The zero-order chi connectivity index (χ0) is 21.1. The van der Waals surface area contributed by atoms with E-state index in [2.05, 4.69) is 15.6 Å². The Kier molecular flexibility index (Phi) is 5.62. The van der Waals surface area contributed by atoms with Crippen molar-refractivity contribution >= 4 is 34.9 Å². The molecule has 8 nitrogen and oxygen atoms in total. The first-order valence-electron chi connectivity index (χ1n) is 9.50. The molecular weight excluding hydrogens is 404 g/mol. The number of carbonyl (C=O) groups excluding carboxylic acids is 2. The maximum Gasteiger partial charge on any atom is 0.313 e. The lowest BCUT2D eigenvalue weighted by molar-refractivity contribution is -0.136. The summed E-state index contributed by atoms with van der Waals surface area (Å²) in [5.41, 5.74) is 1.53. The molecular formula is C21H20N4O4S. The summed E-state index contributed by atoms with van der Waals surface area (Å²) in [5.74, 6) is -0.537. The topological polar surface area (TPSA) is 106 Å². The van der Waals surface area contributed by atoms with Crippen molar-refractivity contribution in [3.63, 3.8) is 0 Å². The molecule has 2 amide bonds. The molecule has 0 atom stereocenters. The first-order valence-corrected chi connectivity index (χ1v) is 10.3. The van der Waals surface area contributed by atoms with Crippen LogP contribution in [0.25, 0.3) is 6.08 Å². The van der Waals surface area contributed by atoms with Gasteiger partial charge in [-0.05, 0) is 37.6 Å². The number of fused-ring (bicyclic) bond motifs is 1. The summed E-state index contributed by atoms with van der Waals surface area (Å²) in [4.78, 5) is 41.5. The minimum absolute atomic E-state index is 0.0588. The van der Waals surface area contributed by atoms with Gasteiger partial charge in [0.1, 0.15) is 11.5 Å². The van der Waals surface area contributed by atoms with Crippen molar-refractivity contribution in [3.05, 3.63) is 73.2 Å². The highest BCUT2D eigenvalue weighted by Crippen LogP contribution is 2.10. The van der Waals surface area contributed by atoms with Crippen LogP contribution < -0.4 is 25.5 Å². The summed E-state index contributed by atoms with van der Waals surface area (Å²) in [6.45, 7) is 3.42. The van der Waals surface area contributed by atoms with Crippen LogP contribution >= 0.6 is 11.3 Å². The van der Waals surface area contributed by atoms with Gasteiger partial charge in [-0.25, -0.2) is 0 Å². The molecule has 0 bridgehead atoms. The number of carbonyl (C=O) groups is 2. The highest BCUT2D eigenvalue weighted by Gasteiger charge is 2.14. The molecule has 0 aliphatic carbocycles. The van der Waals surface area contributed by atoms with Crippen LogP contribution in [0.15, 0.2) is 50.6 Å². The molecule has 0 fully saturated rings. The zero-order valence-electron chi connectivity index (χ0n) is 16.3. The number of benzene rings is 1. The van der Waals surface area contributed by atoms with Crippen molar-refractivity contribution < 1.29 is 14.0 Å². The van der Waals surface area contributed by atoms with Crippen molar-refractivity contribution in [2.24, 2.45) is 4.99 Å². The Balaban J connectivity index is 1.38. The van der Waals surface area contributed by atoms with E-state index in [1.807, 2.05) is 19.1 Å². The van der Waals surface area contributed by atoms with E-state index >= 15 is 0 Å². The highest BCUT2D eigenvalue weighted by molar-refractivity contribution is 7.07. The van der Waals surface area contributed by atoms with Gasteiger partial charge in [-0.1, -0.05) is 29.0 Å². The van der Waals surface area contributed by atoms with E-state index in [0.29, 0.717) is 28.3 Å². The zero-order valence-corrected chi connectivity index (χ0v) is 17.1. The van der Waals surface area contributed by atoms with E-state index in [4.69, 9.17) is 4.42 Å². The molecule has 1 aromatic carbocycles. The van der Waals surface area contributed by atoms with Crippen LogP contribution in [0, 0.1) is 6.92 Å². The van der Waals surface area contributed by atoms with Gasteiger partial charge in [0.2, 0.25) is 0 Å². The Morgan fingerprint density at radius 3 is 2.77 bits per heavy atom. The van der Waals surface area contributed by atoms with Crippen molar-refractivity contribution in [2.45, 2.75) is 26.4 Å². The largest absolute Gasteiger partial charge is 0.460 e. The fraction of sp³-hybridized carbons (Fsp3) is 0.238. The van der Waals surface area contributed by atoms with Gasteiger partial charge in [0.05, 0.1) is 11.1 Å². The molecule has 2 aromatic heterocycles. The number of amides is 2. The van der Waals surface area contributed by atoms with E-state index in [9.17, 15) is 14.4 Å². The second-order valence-electron chi connectivity index (χ2n) is 6.89. The monoisotopic (exact) mass is 424 g/mol. The number of hydrogen-bond acceptors (Lipinski definition) is 6. The van der Waals surface area contributed by atoms with Gasteiger partial charge < -0.3 is 15.1 Å². The Bertz CT molecular complexity index is 1270. The number of nitrogens with one attached hydrogen (secondary N) is 2. The molecule has 0 unspecified atom stereocenters. The Morgan fingerprint density at radius 2 is 2.00 bits per heavy atom. The molecule has 0 saturated heterocycles. The molecule has 30 heavy (non-hydrogen) atoms. The van der Waals surface area contributed by atoms with Crippen LogP contribution in [0.4, 0.5) is 5.69 Å². The van der Waals surface area contributed by atoms with Crippen LogP contribution in [-0.4, -0.2) is 22.9 Å². The SMILES string of the molecule is Cc1ccc(NC(=O)C(=O)NCc2ccc(/C=c3\sc4n(c3=O)CCCN=4)o2)cc1. The Hall–Kier alpha value is -3.46. The Labute approximate surface area is 175 Å². The first-order chi connectivity index (χ1) is 14.5. The third kappa shape index (κ3) is 4.41. The molecule has 4 rings (SSSR count). The van der Waals surface area contributed by atoms with E-state index in [1.165, 1.54) is 11.3 Å². The second-order valence-corrected chi connectivity index (χ2v) is 7.90. The lowest BCUT2D eigenvalue weighted by atomic mass is 10.2. The number of aryl methyl sites for hydroxylation is 1. The number of aromatic nitrogens is 1. The van der Waals surface area contributed by atoms with Crippen molar-refractivity contribution in [1.29, 1.82) is 0 Å². The van der Waals surface area contributed by atoms with Gasteiger partial charge in [-0.3, -0.25) is 23.9 Å². The fourth-order valence-electron chi connectivity index (χ4n) is 3.00. The van der Waals surface area contributed by atoms with Crippen LogP contribution in [-0.2, 0) is 22.7 Å². The summed E-state index contributed by atoms with van der Waals surface area (Å²) < 4.78 is 7.89. The maximum absolute atomic E-state index is 12.4. The van der Waals surface area contributed by atoms with Crippen LogP contribution in [0.3, 0.4) is 0 Å². The van der Waals surface area contributed by atoms with Gasteiger partial charge in [0.25, 0.3) is 5.56 Å². The third-order valence-electron chi connectivity index (χ3n) is 4.57. The van der Waals surface area contributed by atoms with Crippen molar-refractivity contribution in [2.75, 3.05) is 11.9 Å². The second kappa shape index (κ2) is 8.50. The predicted octanol–water partition coefficient (Wildman–Crippen LogP) is 0.918. The lowest BCUT2D eigenvalue weighted by Gasteiger charge is -2.05. The minimum atomic E-state index is -0.761. The summed E-state index contributed by atoms with van der Waals surface area (Å²) in [6.07, 6.45) is 2.54. The van der Waals surface area contributed by atoms with Crippen molar-refractivity contribution in [3.8, 4) is 0 Å². The predicted molar refractivity (Wildman–Crippen MR) is 113 cm³/mol. The standard InChI is InChI=1S/C21H20N4O4S/c1-13-3-5-14(6-4-13)24-19(27)18(26)23-12-16-8-7-15(29-16)11-17-20(28)25-10-2-9-22-21(25)30-17/h3-8,11H,2,9-10,12H2,1H3,(H,23,26)(H,24,27)/b17-11-. The normalized spacial score (nSPS) is 13.4. The highest BCUT2D eigenvalue weighted by atomic mass is 32.1. The third-order valence-corrected chi connectivity index (χ3v) is 5.61. The number of anilines is 1. The van der Waals surface area contributed by atoms with E-state index in [-0.39, 0.29) is 12.1 Å². The number of rotatable bonds is 4. The lowest BCUT2D eigenvalue weighted by Crippen LogP contribution is -2.34. The molecule has 9 heteroatoms. The summed E-state index contributed by atoms with van der Waals surface area (Å²) in [7, 11) is 0. The molecule has 0 radical (unpaired) electrons. The molecule has 3 aromatic rings. The van der Waals surface area contributed by atoms with Crippen LogP contribution in [0.2, 0.25) is 0 Å². The van der Waals surface area contributed by atoms with Crippen LogP contribution in [0.1, 0.15) is 23.5 Å². The smallest absolute Gasteiger partial charge is 0.313 e. The fourth-order valence-corrected chi connectivity index (χ4v) is 4.00. The average Bonchev–Trinajstić information content (AvgIpc) is 3.32. The van der Waals surface area contributed by atoms with Gasteiger partial charge in [-0.15, -0.1) is 0 Å². The van der Waals surface area contributed by atoms with E-state index in [1.54, 1.807) is 34.9 Å². The van der Waals surface area contributed by atoms with Crippen LogP contribution in [0.5, 0.6) is 0 Å². The Morgan fingerprint density at radius 1 is 1.20 bits per heavy atom. The number of nitrogens with zero attached hydrogens (tertiary/aromatic N) is 2. The van der Waals surface area contributed by atoms with Gasteiger partial charge in [0, 0.05) is 24.9 Å². The number of hydrogen-bond donors (Lipinski definition) is 2. The summed E-state index contributed by atoms with van der Waals surface area (Å²) >= 11 is 1.34. The molecule has 0 spiro atoms. The molecule has 2 N–H and O–H groups in total. The minimum Gasteiger partial charge on any atom is -0.460 e. The average molecular weight is 424 g/mol. The molecule has 0 saturated carbocycles. The van der Waals surface area contributed by atoms with E-state index in [0.717, 1.165) is 23.3 Å².